The fourth-order valence-corrected chi connectivity index (χ4v) is 4.80. The van der Waals surface area contributed by atoms with Gasteiger partial charge in [0.25, 0.3) is 5.91 Å². The van der Waals surface area contributed by atoms with Crippen molar-refractivity contribution in [2.75, 3.05) is 11.1 Å². The van der Waals surface area contributed by atoms with Gasteiger partial charge in [-0.3, -0.25) is 15.0 Å². The monoisotopic (exact) mass is 412 g/mol. The summed E-state index contributed by atoms with van der Waals surface area (Å²) in [7, 11) is 0. The van der Waals surface area contributed by atoms with Crippen LogP contribution in [0.25, 0.3) is 0 Å². The third kappa shape index (κ3) is 4.52. The van der Waals surface area contributed by atoms with E-state index in [1.54, 1.807) is 0 Å². The minimum atomic E-state index is -0.842. The van der Waals surface area contributed by atoms with E-state index in [-0.39, 0.29) is 11.7 Å². The van der Waals surface area contributed by atoms with Crippen LogP contribution in [0, 0.1) is 0 Å². The second kappa shape index (κ2) is 8.42. The molecule has 0 unspecified atom stereocenters. The van der Waals surface area contributed by atoms with Gasteiger partial charge >= 0.3 is 6.03 Å². The first kappa shape index (κ1) is 19.9. The molecule has 2 fully saturated rings. The first-order valence-corrected chi connectivity index (χ1v) is 10.9. The number of nitrogens with one attached hydrogen (secondary N) is 3. The largest absolute Gasteiger partial charge is 0.358 e. The molecular formula is C16H24N6O3S2. The van der Waals surface area contributed by atoms with E-state index in [1.807, 2.05) is 0 Å². The van der Waals surface area contributed by atoms with Crippen LogP contribution in [0.2, 0.25) is 0 Å². The molecule has 2 heterocycles. The summed E-state index contributed by atoms with van der Waals surface area (Å²) >= 11 is 2.59. The van der Waals surface area contributed by atoms with Crippen LogP contribution in [0.4, 0.5) is 9.93 Å². The molecule has 1 aliphatic carbocycles. The maximum absolute atomic E-state index is 12.6. The number of imide groups is 1. The number of amides is 4. The first-order chi connectivity index (χ1) is 12.9. The highest BCUT2D eigenvalue weighted by molar-refractivity contribution is 8.01. The number of hydrogen-bond donors (Lipinski definition) is 3. The molecule has 3 N–H and O–H groups in total. The standard InChI is InChI=1S/C16H24N6O3S2/c1-3-10(2)17-13-19-20-15(27-13)26-9-11(23)21-22-12(24)16(18-14(22)25)7-5-4-6-8-16/h10H,3-9H2,1-2H3,(H,17,19)(H,18,25)(H,21,23)/t10-/m0/s1. The van der Waals surface area contributed by atoms with Crippen molar-refractivity contribution in [2.45, 2.75) is 68.3 Å². The highest BCUT2D eigenvalue weighted by Gasteiger charge is 2.52. The number of anilines is 1. The predicted molar refractivity (Wildman–Crippen MR) is 103 cm³/mol. The zero-order valence-electron chi connectivity index (χ0n) is 15.4. The lowest BCUT2D eigenvalue weighted by Crippen LogP contribution is -2.51. The lowest BCUT2D eigenvalue weighted by Gasteiger charge is -2.30. The van der Waals surface area contributed by atoms with Crippen molar-refractivity contribution in [2.24, 2.45) is 0 Å². The molecule has 4 amide bonds. The molecule has 1 aromatic heterocycles. The van der Waals surface area contributed by atoms with Crippen LogP contribution in [0.1, 0.15) is 52.4 Å². The van der Waals surface area contributed by atoms with Crippen LogP contribution in [-0.2, 0) is 9.59 Å². The molecule has 0 radical (unpaired) electrons. The van der Waals surface area contributed by atoms with Gasteiger partial charge in [-0.2, -0.15) is 5.01 Å². The van der Waals surface area contributed by atoms with Gasteiger partial charge < -0.3 is 10.6 Å². The van der Waals surface area contributed by atoms with Crippen LogP contribution in [0.15, 0.2) is 4.34 Å². The minimum absolute atomic E-state index is 0.0437. The average Bonchev–Trinajstić information content (AvgIpc) is 3.19. The first-order valence-electron chi connectivity index (χ1n) is 9.12. The summed E-state index contributed by atoms with van der Waals surface area (Å²) in [5, 5.41) is 15.6. The Morgan fingerprint density at radius 3 is 2.78 bits per heavy atom. The number of hydrazine groups is 1. The number of rotatable bonds is 7. The van der Waals surface area contributed by atoms with E-state index in [0.717, 1.165) is 30.7 Å². The number of urea groups is 1. The van der Waals surface area contributed by atoms with E-state index >= 15 is 0 Å². The normalized spacial score (nSPS) is 19.9. The number of hydrogen-bond acceptors (Lipinski definition) is 8. The highest BCUT2D eigenvalue weighted by Crippen LogP contribution is 2.33. The molecule has 1 saturated carbocycles. The van der Waals surface area contributed by atoms with Crippen molar-refractivity contribution in [1.82, 2.24) is 25.9 Å². The molecule has 2 aliphatic rings. The van der Waals surface area contributed by atoms with E-state index in [0.29, 0.717) is 28.4 Å². The van der Waals surface area contributed by atoms with Crippen LogP contribution < -0.4 is 16.1 Å². The fourth-order valence-electron chi connectivity index (χ4n) is 3.14. The molecule has 0 aromatic carbocycles. The lowest BCUT2D eigenvalue weighted by molar-refractivity contribution is -0.139. The molecule has 3 rings (SSSR count). The molecule has 27 heavy (non-hydrogen) atoms. The van der Waals surface area contributed by atoms with Crippen molar-refractivity contribution >= 4 is 46.1 Å². The number of carbonyl (C=O) groups is 3. The van der Waals surface area contributed by atoms with Crippen molar-refractivity contribution in [3.63, 3.8) is 0 Å². The van der Waals surface area contributed by atoms with Gasteiger partial charge in [0.05, 0.1) is 5.75 Å². The number of aromatic nitrogens is 2. The SMILES string of the molecule is CC[C@H](C)Nc1nnc(SCC(=O)NN2C(=O)NC3(CCCCC3)C2=O)s1. The Balaban J connectivity index is 1.51. The molecule has 0 bridgehead atoms. The smallest absolute Gasteiger partial charge is 0.344 e. The van der Waals surface area contributed by atoms with Crippen LogP contribution in [-0.4, -0.2) is 50.4 Å². The van der Waals surface area contributed by atoms with Crippen LogP contribution in [0.3, 0.4) is 0 Å². The summed E-state index contributed by atoms with van der Waals surface area (Å²) in [5.41, 5.74) is 1.58. The fraction of sp³-hybridized carbons (Fsp3) is 0.688. The molecule has 1 atom stereocenters. The Morgan fingerprint density at radius 2 is 2.07 bits per heavy atom. The number of carbonyl (C=O) groups excluding carboxylic acids is 3. The van der Waals surface area contributed by atoms with Crippen molar-refractivity contribution in [3.05, 3.63) is 0 Å². The van der Waals surface area contributed by atoms with Gasteiger partial charge in [0.15, 0.2) is 4.34 Å². The Hall–Kier alpha value is -1.88. The van der Waals surface area contributed by atoms with Gasteiger partial charge in [0.1, 0.15) is 5.54 Å². The summed E-state index contributed by atoms with van der Waals surface area (Å²) in [6.07, 6.45) is 5.06. The van der Waals surface area contributed by atoms with E-state index in [9.17, 15) is 14.4 Å². The van der Waals surface area contributed by atoms with E-state index < -0.39 is 17.5 Å². The Bertz CT molecular complexity index is 719. The van der Waals surface area contributed by atoms with Crippen LogP contribution in [0.5, 0.6) is 0 Å². The van der Waals surface area contributed by atoms with Gasteiger partial charge in [-0.15, -0.1) is 10.2 Å². The molecule has 1 saturated heterocycles. The minimum Gasteiger partial charge on any atom is -0.358 e. The summed E-state index contributed by atoms with van der Waals surface area (Å²) < 4.78 is 0.650. The average molecular weight is 413 g/mol. The van der Waals surface area contributed by atoms with Gasteiger partial charge in [0.2, 0.25) is 11.0 Å². The molecule has 1 aromatic rings. The summed E-state index contributed by atoms with van der Waals surface area (Å²) in [4.78, 5) is 37.0. The van der Waals surface area contributed by atoms with Crippen molar-refractivity contribution in [1.29, 1.82) is 0 Å². The van der Waals surface area contributed by atoms with Crippen molar-refractivity contribution in [3.8, 4) is 0 Å². The third-order valence-electron chi connectivity index (χ3n) is 4.82. The number of nitrogens with zero attached hydrogens (tertiary/aromatic N) is 3. The molecule has 9 nitrogen and oxygen atoms in total. The summed E-state index contributed by atoms with van der Waals surface area (Å²) in [6, 6.07) is -0.262. The van der Waals surface area contributed by atoms with Crippen molar-refractivity contribution < 1.29 is 14.4 Å². The molecular weight excluding hydrogens is 388 g/mol. The zero-order valence-corrected chi connectivity index (χ0v) is 17.0. The molecule has 11 heteroatoms. The van der Waals surface area contributed by atoms with Crippen LogP contribution >= 0.6 is 23.1 Å². The Kier molecular flexibility index (Phi) is 6.20. The van der Waals surface area contributed by atoms with E-state index in [1.165, 1.54) is 23.1 Å². The third-order valence-corrected chi connectivity index (χ3v) is 6.81. The van der Waals surface area contributed by atoms with Gasteiger partial charge in [0, 0.05) is 6.04 Å². The second-order valence-corrected chi connectivity index (χ2v) is 9.06. The predicted octanol–water partition coefficient (Wildman–Crippen LogP) is 2.13. The summed E-state index contributed by atoms with van der Waals surface area (Å²) in [5.74, 6) is -0.744. The molecule has 1 spiro atoms. The highest BCUT2D eigenvalue weighted by atomic mass is 32.2. The quantitative estimate of drug-likeness (QED) is 0.464. The van der Waals surface area contributed by atoms with Gasteiger partial charge in [-0.25, -0.2) is 4.79 Å². The zero-order chi connectivity index (χ0) is 19.4. The lowest BCUT2D eigenvalue weighted by atomic mass is 9.82. The van der Waals surface area contributed by atoms with E-state index in [2.05, 4.69) is 40.1 Å². The molecule has 148 valence electrons. The maximum Gasteiger partial charge on any atom is 0.344 e. The second-order valence-electron chi connectivity index (χ2n) is 6.86. The van der Waals surface area contributed by atoms with Gasteiger partial charge in [-0.05, 0) is 26.2 Å². The Morgan fingerprint density at radius 1 is 1.33 bits per heavy atom. The Labute approximate surface area is 166 Å². The summed E-state index contributed by atoms with van der Waals surface area (Å²) in [6.45, 7) is 4.13. The topological polar surface area (TPSA) is 116 Å². The molecule has 1 aliphatic heterocycles. The van der Waals surface area contributed by atoms with Gasteiger partial charge in [-0.1, -0.05) is 49.3 Å². The maximum atomic E-state index is 12.6. The van der Waals surface area contributed by atoms with E-state index in [4.69, 9.17) is 0 Å². The number of thioether (sulfide) groups is 1.